The number of rotatable bonds is 4. The van der Waals surface area contributed by atoms with Gasteiger partial charge in [0.1, 0.15) is 11.1 Å². The maximum atomic E-state index is 12.3. The summed E-state index contributed by atoms with van der Waals surface area (Å²) in [5.74, 6) is 1.46. The normalized spacial score (nSPS) is 17.6. The van der Waals surface area contributed by atoms with Gasteiger partial charge in [-0.05, 0) is 36.4 Å². The minimum absolute atomic E-state index is 0.0241. The summed E-state index contributed by atoms with van der Waals surface area (Å²) in [7, 11) is 0. The fourth-order valence-corrected chi connectivity index (χ4v) is 4.39. The van der Waals surface area contributed by atoms with Gasteiger partial charge in [0, 0.05) is 28.1 Å². The van der Waals surface area contributed by atoms with Crippen LogP contribution in [0.15, 0.2) is 70.0 Å². The van der Waals surface area contributed by atoms with E-state index in [0.717, 1.165) is 21.5 Å². The molecule has 122 valence electrons. The standard InChI is InChI=1S/C18H15BrN2O2S/c19-14-3-1-4-15(9-14)20-7-6-13(10-20)18-21(17(22)12-24-18)11-16-5-2-8-23-16/h1-10,18H,11-12H2/t18-/m0/s1. The van der Waals surface area contributed by atoms with E-state index in [4.69, 9.17) is 4.42 Å². The molecule has 0 N–H and O–H groups in total. The van der Waals surface area contributed by atoms with Crippen LogP contribution in [0.5, 0.6) is 0 Å². The minimum atomic E-state index is 0.0241. The number of aromatic nitrogens is 1. The van der Waals surface area contributed by atoms with E-state index in [1.165, 1.54) is 0 Å². The number of furan rings is 1. The predicted octanol–water partition coefficient (Wildman–Crippen LogP) is 4.61. The van der Waals surface area contributed by atoms with Crippen molar-refractivity contribution in [3.05, 3.63) is 76.9 Å². The zero-order valence-electron chi connectivity index (χ0n) is 12.8. The first-order valence-corrected chi connectivity index (χ1v) is 9.42. The van der Waals surface area contributed by atoms with Crippen molar-refractivity contribution < 1.29 is 9.21 Å². The molecular weight excluding hydrogens is 388 g/mol. The number of hydrogen-bond donors (Lipinski definition) is 0. The van der Waals surface area contributed by atoms with E-state index in [1.807, 2.05) is 35.4 Å². The zero-order chi connectivity index (χ0) is 16.5. The first-order valence-electron chi connectivity index (χ1n) is 7.58. The lowest BCUT2D eigenvalue weighted by Gasteiger charge is -2.22. The Bertz CT molecular complexity index is 860. The highest BCUT2D eigenvalue weighted by Gasteiger charge is 2.33. The summed E-state index contributed by atoms with van der Waals surface area (Å²) >= 11 is 5.16. The topological polar surface area (TPSA) is 38.4 Å². The van der Waals surface area contributed by atoms with E-state index in [9.17, 15) is 4.79 Å². The van der Waals surface area contributed by atoms with Gasteiger partial charge in [0.05, 0.1) is 18.6 Å². The monoisotopic (exact) mass is 402 g/mol. The summed E-state index contributed by atoms with van der Waals surface area (Å²) in [6.45, 7) is 0.506. The van der Waals surface area contributed by atoms with E-state index < -0.39 is 0 Å². The molecule has 0 bridgehead atoms. The summed E-state index contributed by atoms with van der Waals surface area (Å²) in [5, 5.41) is 0.0241. The molecule has 1 fully saturated rings. The SMILES string of the molecule is O=C1CS[C@@H](c2ccn(-c3cccc(Br)c3)c2)N1Cc1ccco1. The number of benzene rings is 1. The third-order valence-corrected chi connectivity index (χ3v) is 5.73. The van der Waals surface area contributed by atoms with Gasteiger partial charge in [-0.1, -0.05) is 22.0 Å². The van der Waals surface area contributed by atoms with Crippen LogP contribution in [0.4, 0.5) is 0 Å². The maximum absolute atomic E-state index is 12.3. The average Bonchev–Trinajstić information content (AvgIpc) is 3.30. The van der Waals surface area contributed by atoms with Crippen molar-refractivity contribution >= 4 is 33.6 Å². The van der Waals surface area contributed by atoms with Gasteiger partial charge in [0.2, 0.25) is 5.91 Å². The van der Waals surface area contributed by atoms with Gasteiger partial charge in [0.25, 0.3) is 0 Å². The van der Waals surface area contributed by atoms with Crippen LogP contribution in [0.25, 0.3) is 5.69 Å². The molecule has 1 atom stereocenters. The summed E-state index contributed by atoms with van der Waals surface area (Å²) in [4.78, 5) is 14.1. The molecule has 1 amide bonds. The molecule has 3 aromatic rings. The average molecular weight is 403 g/mol. The molecule has 1 saturated heterocycles. The smallest absolute Gasteiger partial charge is 0.234 e. The molecule has 0 aliphatic carbocycles. The molecule has 0 radical (unpaired) electrons. The number of hydrogen-bond acceptors (Lipinski definition) is 3. The first kappa shape index (κ1) is 15.6. The lowest BCUT2D eigenvalue weighted by Crippen LogP contribution is -2.27. The molecule has 0 unspecified atom stereocenters. The Kier molecular flexibility index (Phi) is 4.24. The highest BCUT2D eigenvalue weighted by Crippen LogP contribution is 2.40. The highest BCUT2D eigenvalue weighted by molar-refractivity contribution is 9.10. The number of carbonyl (C=O) groups excluding carboxylic acids is 1. The molecule has 6 heteroatoms. The summed E-state index contributed by atoms with van der Waals surface area (Å²) in [6.07, 6.45) is 5.76. The first-order chi connectivity index (χ1) is 11.7. The van der Waals surface area contributed by atoms with Crippen LogP contribution in [-0.2, 0) is 11.3 Å². The second kappa shape index (κ2) is 6.53. The van der Waals surface area contributed by atoms with Crippen LogP contribution < -0.4 is 0 Å². The van der Waals surface area contributed by atoms with Gasteiger partial charge >= 0.3 is 0 Å². The lowest BCUT2D eigenvalue weighted by atomic mass is 10.3. The van der Waals surface area contributed by atoms with Crippen molar-refractivity contribution in [1.82, 2.24) is 9.47 Å². The van der Waals surface area contributed by atoms with Gasteiger partial charge < -0.3 is 13.9 Å². The van der Waals surface area contributed by atoms with Crippen molar-refractivity contribution in [2.75, 3.05) is 5.75 Å². The summed E-state index contributed by atoms with van der Waals surface area (Å²) < 4.78 is 8.52. The Balaban J connectivity index is 1.60. The van der Waals surface area contributed by atoms with Gasteiger partial charge in [0.15, 0.2) is 0 Å². The quantitative estimate of drug-likeness (QED) is 0.639. The van der Waals surface area contributed by atoms with Crippen molar-refractivity contribution in [2.45, 2.75) is 11.9 Å². The van der Waals surface area contributed by atoms with Crippen LogP contribution in [0.1, 0.15) is 16.7 Å². The van der Waals surface area contributed by atoms with Gasteiger partial charge in [-0.25, -0.2) is 0 Å². The minimum Gasteiger partial charge on any atom is -0.467 e. The van der Waals surface area contributed by atoms with Crippen molar-refractivity contribution in [3.63, 3.8) is 0 Å². The molecular formula is C18H15BrN2O2S. The van der Waals surface area contributed by atoms with E-state index in [2.05, 4.69) is 44.9 Å². The highest BCUT2D eigenvalue weighted by atomic mass is 79.9. The predicted molar refractivity (Wildman–Crippen MR) is 97.9 cm³/mol. The molecule has 3 heterocycles. The molecule has 1 aromatic carbocycles. The Hall–Kier alpha value is -1.92. The van der Waals surface area contributed by atoms with E-state index in [1.54, 1.807) is 18.0 Å². The molecule has 4 rings (SSSR count). The van der Waals surface area contributed by atoms with E-state index in [-0.39, 0.29) is 11.3 Å². The molecule has 4 nitrogen and oxygen atoms in total. The summed E-state index contributed by atoms with van der Waals surface area (Å²) in [6, 6.07) is 14.0. The van der Waals surface area contributed by atoms with Crippen molar-refractivity contribution in [2.24, 2.45) is 0 Å². The second-order valence-electron chi connectivity index (χ2n) is 5.60. The van der Waals surface area contributed by atoms with Crippen LogP contribution in [0.2, 0.25) is 0 Å². The number of nitrogens with zero attached hydrogens (tertiary/aromatic N) is 2. The number of halogens is 1. The maximum Gasteiger partial charge on any atom is 0.234 e. The Morgan fingerprint density at radius 3 is 2.96 bits per heavy atom. The second-order valence-corrected chi connectivity index (χ2v) is 7.58. The number of carbonyl (C=O) groups is 1. The Morgan fingerprint density at radius 1 is 1.25 bits per heavy atom. The Morgan fingerprint density at radius 2 is 2.17 bits per heavy atom. The van der Waals surface area contributed by atoms with Crippen LogP contribution in [-0.4, -0.2) is 21.1 Å². The Labute approximate surface area is 152 Å². The van der Waals surface area contributed by atoms with E-state index in [0.29, 0.717) is 12.3 Å². The fourth-order valence-electron chi connectivity index (χ4n) is 2.83. The molecule has 0 spiro atoms. The summed E-state index contributed by atoms with van der Waals surface area (Å²) in [5.41, 5.74) is 2.21. The van der Waals surface area contributed by atoms with Crippen molar-refractivity contribution in [1.29, 1.82) is 0 Å². The molecule has 2 aromatic heterocycles. The third-order valence-electron chi connectivity index (χ3n) is 3.98. The van der Waals surface area contributed by atoms with Crippen LogP contribution in [0.3, 0.4) is 0 Å². The van der Waals surface area contributed by atoms with E-state index >= 15 is 0 Å². The fraction of sp³-hybridized carbons (Fsp3) is 0.167. The number of thioether (sulfide) groups is 1. The van der Waals surface area contributed by atoms with Crippen LogP contribution in [0, 0.1) is 0 Å². The molecule has 24 heavy (non-hydrogen) atoms. The molecule has 1 aliphatic rings. The van der Waals surface area contributed by atoms with Gasteiger partial charge in [-0.2, -0.15) is 0 Å². The largest absolute Gasteiger partial charge is 0.467 e. The molecule has 1 aliphatic heterocycles. The molecule has 0 saturated carbocycles. The van der Waals surface area contributed by atoms with Gasteiger partial charge in [-0.3, -0.25) is 4.79 Å². The van der Waals surface area contributed by atoms with Crippen LogP contribution >= 0.6 is 27.7 Å². The van der Waals surface area contributed by atoms with Crippen molar-refractivity contribution in [3.8, 4) is 5.69 Å². The number of amides is 1. The lowest BCUT2D eigenvalue weighted by molar-refractivity contribution is -0.128. The van der Waals surface area contributed by atoms with Gasteiger partial charge in [-0.15, -0.1) is 11.8 Å². The zero-order valence-corrected chi connectivity index (χ0v) is 15.2. The third kappa shape index (κ3) is 3.03.